The van der Waals surface area contributed by atoms with Gasteiger partial charge in [0.25, 0.3) is 0 Å². The van der Waals surface area contributed by atoms with Gasteiger partial charge in [0, 0.05) is 16.1 Å². The molecule has 1 rings (SSSR count). The third kappa shape index (κ3) is 5.18. The zero-order chi connectivity index (χ0) is 14.5. The van der Waals surface area contributed by atoms with Gasteiger partial charge >= 0.3 is 0 Å². The van der Waals surface area contributed by atoms with Gasteiger partial charge in [0.15, 0.2) is 0 Å². The number of alkyl halides is 2. The molecule has 0 heterocycles. The lowest BCUT2D eigenvalue weighted by molar-refractivity contribution is 0.337. The van der Waals surface area contributed by atoms with E-state index in [2.05, 4.69) is 52.6 Å². The Labute approximate surface area is 133 Å². The summed E-state index contributed by atoms with van der Waals surface area (Å²) in [6.45, 7) is 6.79. The summed E-state index contributed by atoms with van der Waals surface area (Å²) >= 11 is 7.25. The third-order valence-electron chi connectivity index (χ3n) is 3.53. The number of rotatable bonds is 6. The lowest BCUT2D eigenvalue weighted by Crippen LogP contribution is -2.30. The van der Waals surface area contributed by atoms with Crippen molar-refractivity contribution in [3.8, 4) is 0 Å². The smallest absolute Gasteiger partial charge is 0.123 e. The van der Waals surface area contributed by atoms with Gasteiger partial charge in [-0.1, -0.05) is 71.2 Å². The molecule has 108 valence electrons. The molecule has 0 saturated heterocycles. The first-order chi connectivity index (χ1) is 8.83. The van der Waals surface area contributed by atoms with Crippen molar-refractivity contribution < 1.29 is 4.39 Å². The van der Waals surface area contributed by atoms with Crippen LogP contribution in [0.4, 0.5) is 4.39 Å². The Kier molecular flexibility index (Phi) is 6.52. The first kappa shape index (κ1) is 17.2. The van der Waals surface area contributed by atoms with E-state index in [-0.39, 0.29) is 11.2 Å². The second kappa shape index (κ2) is 7.21. The molecule has 1 aromatic carbocycles. The summed E-state index contributed by atoms with van der Waals surface area (Å²) in [6, 6.07) is 7.00. The Morgan fingerprint density at radius 3 is 2.16 bits per heavy atom. The fourth-order valence-electron chi connectivity index (χ4n) is 2.24. The Bertz CT molecular complexity index is 392. The van der Waals surface area contributed by atoms with E-state index in [1.165, 1.54) is 12.5 Å². The Morgan fingerprint density at radius 2 is 1.68 bits per heavy atom. The van der Waals surface area contributed by atoms with E-state index >= 15 is 0 Å². The molecule has 19 heavy (non-hydrogen) atoms. The van der Waals surface area contributed by atoms with Crippen molar-refractivity contribution in [2.75, 3.05) is 10.7 Å². The summed E-state index contributed by atoms with van der Waals surface area (Å²) in [6.07, 6.45) is 3.39. The standard InChI is InChI=1S/C16H23Br2F/c1-15(2,3)8-5-9-16(11-17,12-18)13-6-4-7-14(19)10-13/h4,6-7,10H,5,8-9,11-12H2,1-3H3. The fraction of sp³-hybridized carbons (Fsp3) is 0.625. The summed E-state index contributed by atoms with van der Waals surface area (Å²) < 4.78 is 13.5. The molecule has 0 saturated carbocycles. The monoisotopic (exact) mass is 392 g/mol. The molecule has 1 aromatic rings. The number of benzene rings is 1. The molecule has 0 fully saturated rings. The average Bonchev–Trinajstić information content (AvgIpc) is 2.34. The van der Waals surface area contributed by atoms with Crippen molar-refractivity contribution in [2.45, 2.75) is 45.4 Å². The summed E-state index contributed by atoms with van der Waals surface area (Å²) in [5, 5.41) is 1.69. The molecule has 0 radical (unpaired) electrons. The minimum Gasteiger partial charge on any atom is -0.207 e. The van der Waals surface area contributed by atoms with E-state index in [0.717, 1.165) is 29.1 Å². The summed E-state index contributed by atoms with van der Waals surface area (Å²) in [7, 11) is 0. The van der Waals surface area contributed by atoms with E-state index in [9.17, 15) is 4.39 Å². The highest BCUT2D eigenvalue weighted by atomic mass is 79.9. The van der Waals surface area contributed by atoms with E-state index in [1.54, 1.807) is 12.1 Å². The molecule has 0 unspecified atom stereocenters. The number of hydrogen-bond acceptors (Lipinski definition) is 0. The summed E-state index contributed by atoms with van der Waals surface area (Å²) in [5.41, 5.74) is 1.41. The first-order valence-corrected chi connectivity index (χ1v) is 8.95. The molecule has 0 aliphatic carbocycles. The quantitative estimate of drug-likeness (QED) is 0.514. The van der Waals surface area contributed by atoms with Crippen LogP contribution in [0.15, 0.2) is 24.3 Å². The summed E-state index contributed by atoms with van der Waals surface area (Å²) in [4.78, 5) is 0. The van der Waals surface area contributed by atoms with Gasteiger partial charge in [-0.15, -0.1) is 0 Å². The average molecular weight is 394 g/mol. The molecule has 0 aliphatic heterocycles. The molecule has 0 aromatic heterocycles. The maximum atomic E-state index is 13.5. The van der Waals surface area contributed by atoms with E-state index in [4.69, 9.17) is 0 Å². The highest BCUT2D eigenvalue weighted by molar-refractivity contribution is 9.09. The molecule has 0 spiro atoms. The van der Waals surface area contributed by atoms with Crippen LogP contribution in [0.5, 0.6) is 0 Å². The lowest BCUT2D eigenvalue weighted by atomic mass is 9.78. The van der Waals surface area contributed by atoms with Crippen molar-refractivity contribution in [3.63, 3.8) is 0 Å². The second-order valence-corrected chi connectivity index (χ2v) is 7.59. The van der Waals surface area contributed by atoms with Crippen LogP contribution in [0.25, 0.3) is 0 Å². The summed E-state index contributed by atoms with van der Waals surface area (Å²) in [5.74, 6) is -0.153. The van der Waals surface area contributed by atoms with Crippen LogP contribution < -0.4 is 0 Å². The predicted octanol–water partition coefficient (Wildman–Crippen LogP) is 6.07. The van der Waals surface area contributed by atoms with Gasteiger partial charge in [0.1, 0.15) is 5.82 Å². The minimum atomic E-state index is -0.153. The van der Waals surface area contributed by atoms with E-state index in [1.807, 2.05) is 6.07 Å². The second-order valence-electron chi connectivity index (χ2n) is 6.47. The Hall–Kier alpha value is 0.110. The number of hydrogen-bond donors (Lipinski definition) is 0. The predicted molar refractivity (Wildman–Crippen MR) is 89.0 cm³/mol. The van der Waals surface area contributed by atoms with Gasteiger partial charge in [-0.05, 0) is 36.0 Å². The van der Waals surface area contributed by atoms with Gasteiger partial charge < -0.3 is 0 Å². The van der Waals surface area contributed by atoms with Crippen LogP contribution in [0, 0.1) is 11.2 Å². The van der Waals surface area contributed by atoms with Crippen molar-refractivity contribution in [1.29, 1.82) is 0 Å². The zero-order valence-corrected chi connectivity index (χ0v) is 15.2. The molecule has 0 N–H and O–H groups in total. The maximum Gasteiger partial charge on any atom is 0.123 e. The molecule has 0 atom stereocenters. The third-order valence-corrected chi connectivity index (χ3v) is 5.68. The van der Waals surface area contributed by atoms with Gasteiger partial charge in [0.05, 0.1) is 0 Å². The van der Waals surface area contributed by atoms with Crippen molar-refractivity contribution in [3.05, 3.63) is 35.6 Å². The molecular weight excluding hydrogens is 371 g/mol. The number of halogens is 3. The van der Waals surface area contributed by atoms with Crippen LogP contribution in [0.2, 0.25) is 0 Å². The molecule has 0 amide bonds. The van der Waals surface area contributed by atoms with Crippen LogP contribution in [-0.4, -0.2) is 10.7 Å². The van der Waals surface area contributed by atoms with E-state index in [0.29, 0.717) is 5.41 Å². The van der Waals surface area contributed by atoms with Crippen molar-refractivity contribution >= 4 is 31.9 Å². The highest BCUT2D eigenvalue weighted by Gasteiger charge is 2.30. The van der Waals surface area contributed by atoms with Gasteiger partial charge in [0.2, 0.25) is 0 Å². The molecule has 0 bridgehead atoms. The van der Waals surface area contributed by atoms with Crippen LogP contribution in [0.1, 0.15) is 45.6 Å². The normalized spacial score (nSPS) is 12.7. The van der Waals surface area contributed by atoms with Crippen LogP contribution in [-0.2, 0) is 5.41 Å². The first-order valence-electron chi connectivity index (χ1n) is 6.71. The Morgan fingerprint density at radius 1 is 1.05 bits per heavy atom. The topological polar surface area (TPSA) is 0 Å². The van der Waals surface area contributed by atoms with Gasteiger partial charge in [-0.25, -0.2) is 4.39 Å². The van der Waals surface area contributed by atoms with Crippen molar-refractivity contribution in [2.24, 2.45) is 5.41 Å². The maximum absolute atomic E-state index is 13.5. The van der Waals surface area contributed by atoms with Gasteiger partial charge in [-0.3, -0.25) is 0 Å². The molecular formula is C16H23Br2F. The largest absolute Gasteiger partial charge is 0.207 e. The SMILES string of the molecule is CC(C)(C)CCCC(CBr)(CBr)c1cccc(F)c1. The van der Waals surface area contributed by atoms with E-state index < -0.39 is 0 Å². The van der Waals surface area contributed by atoms with Crippen molar-refractivity contribution in [1.82, 2.24) is 0 Å². The zero-order valence-electron chi connectivity index (χ0n) is 12.0. The molecule has 0 nitrogen and oxygen atoms in total. The van der Waals surface area contributed by atoms with Crippen LogP contribution in [0.3, 0.4) is 0 Å². The molecule has 3 heteroatoms. The Balaban J connectivity index is 2.85. The highest BCUT2D eigenvalue weighted by Crippen LogP contribution is 2.36. The fourth-order valence-corrected chi connectivity index (χ4v) is 4.38. The van der Waals surface area contributed by atoms with Crippen LogP contribution >= 0.6 is 31.9 Å². The molecule has 0 aliphatic rings. The minimum absolute atomic E-state index is 0.0205. The van der Waals surface area contributed by atoms with Gasteiger partial charge in [-0.2, -0.15) is 0 Å². The lowest BCUT2D eigenvalue weighted by Gasteiger charge is -2.32.